The lowest BCUT2D eigenvalue weighted by Crippen LogP contribution is -2.17. The second kappa shape index (κ2) is 5.78. The second-order valence-electron chi connectivity index (χ2n) is 4.88. The third kappa shape index (κ3) is 2.62. The van der Waals surface area contributed by atoms with Crippen molar-refractivity contribution in [2.45, 2.75) is 6.04 Å². The molecule has 0 bridgehead atoms. The van der Waals surface area contributed by atoms with Gasteiger partial charge in [-0.25, -0.2) is 0 Å². The van der Waals surface area contributed by atoms with Crippen molar-refractivity contribution in [3.63, 3.8) is 0 Å². The van der Waals surface area contributed by atoms with E-state index >= 15 is 0 Å². The Morgan fingerprint density at radius 2 is 1.55 bits per heavy atom. The Bertz CT molecular complexity index is 736. The summed E-state index contributed by atoms with van der Waals surface area (Å²) >= 11 is 3.54. The van der Waals surface area contributed by atoms with E-state index in [1.165, 1.54) is 21.9 Å². The lowest BCUT2D eigenvalue weighted by molar-refractivity contribution is 0.692. The molecule has 3 rings (SSSR count). The van der Waals surface area contributed by atoms with Gasteiger partial charge < -0.3 is 5.32 Å². The van der Waals surface area contributed by atoms with Crippen LogP contribution in [-0.4, -0.2) is 7.05 Å². The summed E-state index contributed by atoms with van der Waals surface area (Å²) in [5.74, 6) is 0. The highest BCUT2D eigenvalue weighted by molar-refractivity contribution is 9.10. The van der Waals surface area contributed by atoms with Crippen LogP contribution in [0.2, 0.25) is 0 Å². The fourth-order valence-corrected chi connectivity index (χ4v) is 3.02. The summed E-state index contributed by atoms with van der Waals surface area (Å²) in [6.45, 7) is 0. The summed E-state index contributed by atoms with van der Waals surface area (Å²) in [7, 11) is 2.00. The number of fused-ring (bicyclic) bond motifs is 1. The van der Waals surface area contributed by atoms with Crippen LogP contribution in [-0.2, 0) is 0 Å². The highest BCUT2D eigenvalue weighted by Crippen LogP contribution is 2.26. The van der Waals surface area contributed by atoms with Crippen molar-refractivity contribution in [2.75, 3.05) is 7.05 Å². The van der Waals surface area contributed by atoms with E-state index in [1.54, 1.807) is 0 Å². The zero-order valence-electron chi connectivity index (χ0n) is 11.3. The molecule has 0 saturated heterocycles. The molecule has 2 heteroatoms. The quantitative estimate of drug-likeness (QED) is 0.721. The van der Waals surface area contributed by atoms with Crippen molar-refractivity contribution in [1.82, 2.24) is 5.32 Å². The molecular formula is C18H16BrN. The minimum absolute atomic E-state index is 0.206. The highest BCUT2D eigenvalue weighted by atomic mass is 79.9. The minimum Gasteiger partial charge on any atom is -0.309 e. The van der Waals surface area contributed by atoms with Crippen LogP contribution in [0.4, 0.5) is 0 Å². The summed E-state index contributed by atoms with van der Waals surface area (Å²) in [6, 6.07) is 23.8. The van der Waals surface area contributed by atoms with Crippen LogP contribution >= 0.6 is 15.9 Å². The fourth-order valence-electron chi connectivity index (χ4n) is 2.60. The van der Waals surface area contributed by atoms with Gasteiger partial charge in [0.1, 0.15) is 0 Å². The third-order valence-electron chi connectivity index (χ3n) is 3.58. The van der Waals surface area contributed by atoms with Crippen molar-refractivity contribution < 1.29 is 0 Å². The summed E-state index contributed by atoms with van der Waals surface area (Å²) in [6.07, 6.45) is 0. The topological polar surface area (TPSA) is 12.0 Å². The first-order valence-corrected chi connectivity index (χ1v) is 7.48. The predicted molar refractivity (Wildman–Crippen MR) is 89.0 cm³/mol. The fraction of sp³-hybridized carbons (Fsp3) is 0.111. The average molecular weight is 326 g/mol. The van der Waals surface area contributed by atoms with E-state index in [9.17, 15) is 0 Å². The molecule has 1 atom stereocenters. The summed E-state index contributed by atoms with van der Waals surface area (Å²) in [5.41, 5.74) is 2.54. The van der Waals surface area contributed by atoms with E-state index in [0.717, 1.165) is 4.47 Å². The van der Waals surface area contributed by atoms with Gasteiger partial charge in [0, 0.05) is 4.47 Å². The molecule has 1 nitrogen and oxygen atoms in total. The van der Waals surface area contributed by atoms with Crippen molar-refractivity contribution in [1.29, 1.82) is 0 Å². The van der Waals surface area contributed by atoms with Gasteiger partial charge in [-0.2, -0.15) is 0 Å². The zero-order chi connectivity index (χ0) is 13.9. The number of nitrogens with one attached hydrogen (secondary N) is 1. The van der Waals surface area contributed by atoms with Gasteiger partial charge in [-0.05, 0) is 47.1 Å². The third-order valence-corrected chi connectivity index (χ3v) is 4.07. The van der Waals surface area contributed by atoms with Crippen molar-refractivity contribution >= 4 is 26.7 Å². The molecular weight excluding hydrogens is 310 g/mol. The Balaban J connectivity index is 2.07. The summed E-state index contributed by atoms with van der Waals surface area (Å²) < 4.78 is 1.11. The second-order valence-corrected chi connectivity index (χ2v) is 5.80. The molecule has 100 valence electrons. The van der Waals surface area contributed by atoms with Crippen LogP contribution in [0, 0.1) is 0 Å². The largest absolute Gasteiger partial charge is 0.309 e. The van der Waals surface area contributed by atoms with Crippen LogP contribution in [0.3, 0.4) is 0 Å². The SMILES string of the molecule is CNC(c1cccc(Br)c1)c1ccc2ccccc2c1. The van der Waals surface area contributed by atoms with E-state index in [2.05, 4.69) is 88.0 Å². The van der Waals surface area contributed by atoms with Crippen LogP contribution in [0.15, 0.2) is 71.2 Å². The van der Waals surface area contributed by atoms with Gasteiger partial charge in [-0.1, -0.05) is 64.5 Å². The van der Waals surface area contributed by atoms with Crippen LogP contribution in [0.25, 0.3) is 10.8 Å². The molecule has 1 unspecified atom stereocenters. The van der Waals surface area contributed by atoms with Crippen LogP contribution in [0.5, 0.6) is 0 Å². The van der Waals surface area contributed by atoms with Gasteiger partial charge in [0.15, 0.2) is 0 Å². The van der Waals surface area contributed by atoms with Gasteiger partial charge >= 0.3 is 0 Å². The molecule has 0 heterocycles. The smallest absolute Gasteiger partial charge is 0.0574 e. The molecule has 0 radical (unpaired) electrons. The molecule has 0 aliphatic carbocycles. The Kier molecular flexibility index (Phi) is 3.86. The molecule has 0 amide bonds. The maximum atomic E-state index is 3.54. The monoisotopic (exact) mass is 325 g/mol. The van der Waals surface area contributed by atoms with Gasteiger partial charge in [-0.3, -0.25) is 0 Å². The summed E-state index contributed by atoms with van der Waals surface area (Å²) in [5, 5.41) is 5.96. The van der Waals surface area contributed by atoms with Crippen molar-refractivity contribution in [3.05, 3.63) is 82.3 Å². The first kappa shape index (κ1) is 13.3. The van der Waals surface area contributed by atoms with E-state index in [-0.39, 0.29) is 6.04 Å². The maximum Gasteiger partial charge on any atom is 0.0574 e. The number of hydrogen-bond acceptors (Lipinski definition) is 1. The Morgan fingerprint density at radius 1 is 0.800 bits per heavy atom. The molecule has 3 aromatic carbocycles. The Hall–Kier alpha value is -1.64. The molecule has 0 aliphatic rings. The first-order valence-electron chi connectivity index (χ1n) is 6.69. The molecule has 0 spiro atoms. The van der Waals surface area contributed by atoms with Gasteiger partial charge in [0.2, 0.25) is 0 Å². The summed E-state index contributed by atoms with van der Waals surface area (Å²) in [4.78, 5) is 0. The van der Waals surface area contributed by atoms with Crippen molar-refractivity contribution in [2.24, 2.45) is 0 Å². The van der Waals surface area contributed by atoms with Crippen molar-refractivity contribution in [3.8, 4) is 0 Å². The van der Waals surface area contributed by atoms with E-state index in [1.807, 2.05) is 7.05 Å². The molecule has 0 aliphatic heterocycles. The molecule has 0 saturated carbocycles. The predicted octanol–water partition coefficient (Wildman–Crippen LogP) is 4.91. The number of rotatable bonds is 3. The first-order chi connectivity index (χ1) is 9.78. The maximum absolute atomic E-state index is 3.54. The van der Waals surface area contributed by atoms with Crippen LogP contribution in [0.1, 0.15) is 17.2 Å². The standard InChI is InChI=1S/C18H16BrN/c1-20-18(15-7-4-8-17(19)12-15)16-10-9-13-5-2-3-6-14(13)11-16/h2-12,18,20H,1H3. The van der Waals surface area contributed by atoms with Gasteiger partial charge in [0.25, 0.3) is 0 Å². The van der Waals surface area contributed by atoms with Gasteiger partial charge in [-0.15, -0.1) is 0 Å². The molecule has 0 aromatic heterocycles. The number of hydrogen-bond donors (Lipinski definition) is 1. The Labute approximate surface area is 127 Å². The highest BCUT2D eigenvalue weighted by Gasteiger charge is 2.12. The molecule has 0 fully saturated rings. The normalized spacial score (nSPS) is 12.5. The number of benzene rings is 3. The van der Waals surface area contributed by atoms with E-state index in [0.29, 0.717) is 0 Å². The molecule has 20 heavy (non-hydrogen) atoms. The van der Waals surface area contributed by atoms with Crippen LogP contribution < -0.4 is 5.32 Å². The van der Waals surface area contributed by atoms with E-state index in [4.69, 9.17) is 0 Å². The Morgan fingerprint density at radius 3 is 2.30 bits per heavy atom. The average Bonchev–Trinajstić information content (AvgIpc) is 2.48. The lowest BCUT2D eigenvalue weighted by Gasteiger charge is -2.18. The molecule has 1 N–H and O–H groups in total. The number of halogens is 1. The lowest BCUT2D eigenvalue weighted by atomic mass is 9.96. The zero-order valence-corrected chi connectivity index (χ0v) is 12.9. The van der Waals surface area contributed by atoms with Gasteiger partial charge in [0.05, 0.1) is 6.04 Å². The minimum atomic E-state index is 0.206. The molecule has 3 aromatic rings. The van der Waals surface area contributed by atoms with E-state index < -0.39 is 0 Å².